The van der Waals surface area contributed by atoms with Gasteiger partial charge in [0.05, 0.1) is 0 Å². The van der Waals surface area contributed by atoms with Crippen LogP contribution in [0.25, 0.3) is 0 Å². The van der Waals surface area contributed by atoms with Crippen LogP contribution in [0.3, 0.4) is 0 Å². The van der Waals surface area contributed by atoms with E-state index in [1.807, 2.05) is 39.0 Å². The molecule has 0 atom stereocenters. The second kappa shape index (κ2) is 11.4. The van der Waals surface area contributed by atoms with Crippen LogP contribution in [0, 0.1) is 20.8 Å². The molecular formula is C33H31O6S2Sb. The molecule has 0 unspecified atom stereocenters. The monoisotopic (exact) mass is 708 g/mol. The summed E-state index contributed by atoms with van der Waals surface area (Å²) in [6.45, 7) is 5.57. The van der Waals surface area contributed by atoms with Gasteiger partial charge >= 0.3 is 251 Å². The number of aryl methyl sites for hydroxylation is 3. The molecule has 0 saturated carbocycles. The van der Waals surface area contributed by atoms with Crippen molar-refractivity contribution in [3.05, 3.63) is 150 Å². The van der Waals surface area contributed by atoms with Crippen molar-refractivity contribution in [3.63, 3.8) is 0 Å². The first kappa shape index (κ1) is 30.2. The van der Waals surface area contributed by atoms with Crippen LogP contribution in [0.5, 0.6) is 0 Å². The standard InChI is InChI=1S/3C7H7.2C6H6O3S.Sb/c3*1-7-5-3-2-4-6-7;2*7-10(8,9)6-4-2-1-3-5-6;/h3*2-3,5-6H,1H3;2*1-5H,(H,7,8,9);/q;;;;;+2/p-2. The molecule has 0 radical (unpaired) electrons. The molecule has 0 fully saturated rings. The summed E-state index contributed by atoms with van der Waals surface area (Å²) in [6.07, 6.45) is 0. The van der Waals surface area contributed by atoms with Gasteiger partial charge in [-0.1, -0.05) is 0 Å². The summed E-state index contributed by atoms with van der Waals surface area (Å²) < 4.78 is 72.0. The van der Waals surface area contributed by atoms with Crippen LogP contribution >= 0.6 is 0 Å². The van der Waals surface area contributed by atoms with Gasteiger partial charge in [-0.15, -0.1) is 0 Å². The molecule has 42 heavy (non-hydrogen) atoms. The molecule has 0 saturated heterocycles. The normalized spacial score (nSPS) is 13.3. The molecule has 0 aliphatic rings. The van der Waals surface area contributed by atoms with Crippen molar-refractivity contribution in [1.29, 1.82) is 0 Å². The molecule has 5 aromatic rings. The van der Waals surface area contributed by atoms with E-state index in [2.05, 4.69) is 0 Å². The molecule has 0 aliphatic carbocycles. The van der Waals surface area contributed by atoms with Crippen LogP contribution in [0.15, 0.2) is 143 Å². The van der Waals surface area contributed by atoms with Gasteiger partial charge in [0.2, 0.25) is 0 Å². The van der Waals surface area contributed by atoms with Crippen LogP contribution in [-0.4, -0.2) is 35.1 Å². The Kier molecular flexibility index (Phi) is 8.22. The molecule has 0 amide bonds. The van der Waals surface area contributed by atoms with Gasteiger partial charge in [-0.2, -0.15) is 0 Å². The Morgan fingerprint density at radius 3 is 1.02 bits per heavy atom. The van der Waals surface area contributed by atoms with Crippen molar-refractivity contribution in [1.82, 2.24) is 0 Å². The van der Waals surface area contributed by atoms with Gasteiger partial charge in [-0.05, 0) is 0 Å². The summed E-state index contributed by atoms with van der Waals surface area (Å²) in [7, 11) is -9.23. The van der Waals surface area contributed by atoms with Crippen molar-refractivity contribution in [3.8, 4) is 0 Å². The summed E-state index contributed by atoms with van der Waals surface area (Å²) in [5.74, 6) is 0. The third kappa shape index (κ3) is 5.46. The molecule has 0 heterocycles. The first-order valence-electron chi connectivity index (χ1n) is 13.2. The molecule has 0 spiro atoms. The summed E-state index contributed by atoms with van der Waals surface area (Å²) in [4.78, 5) is -0.228. The molecule has 5 aromatic carbocycles. The first-order valence-corrected chi connectivity index (χ1v) is 22.0. The van der Waals surface area contributed by atoms with Gasteiger partial charge < -0.3 is 0 Å². The van der Waals surface area contributed by atoms with Crippen LogP contribution in [-0.2, 0) is 25.2 Å². The maximum atomic E-state index is 14.4. The average Bonchev–Trinajstić information content (AvgIpc) is 2.97. The third-order valence-electron chi connectivity index (χ3n) is 6.96. The Morgan fingerprint density at radius 2 is 0.738 bits per heavy atom. The van der Waals surface area contributed by atoms with E-state index in [-0.39, 0.29) is 9.79 Å². The van der Waals surface area contributed by atoms with Gasteiger partial charge in [-0.3, -0.25) is 0 Å². The molecular weight excluding hydrogens is 678 g/mol. The molecule has 0 N–H and O–H groups in total. The predicted molar refractivity (Wildman–Crippen MR) is 168 cm³/mol. The van der Waals surface area contributed by atoms with Crippen molar-refractivity contribution >= 4 is 49.0 Å². The molecule has 0 bridgehead atoms. The average molecular weight is 709 g/mol. The third-order valence-corrected chi connectivity index (χ3v) is 28.3. The minimum absolute atomic E-state index is 0.114. The quantitative estimate of drug-likeness (QED) is 0.204. The van der Waals surface area contributed by atoms with Crippen molar-refractivity contribution in [2.75, 3.05) is 0 Å². The van der Waals surface area contributed by atoms with Gasteiger partial charge in [0.25, 0.3) is 0 Å². The van der Waals surface area contributed by atoms with E-state index in [4.69, 9.17) is 4.92 Å². The van der Waals surface area contributed by atoms with Gasteiger partial charge in [0, 0.05) is 0 Å². The number of benzene rings is 5. The molecule has 5 rings (SSSR count). The maximum absolute atomic E-state index is 14.4. The van der Waals surface area contributed by atoms with E-state index < -0.39 is 38.5 Å². The van der Waals surface area contributed by atoms with E-state index in [9.17, 15) is 16.8 Å². The van der Waals surface area contributed by atoms with Gasteiger partial charge in [0.15, 0.2) is 0 Å². The van der Waals surface area contributed by atoms with E-state index in [1.54, 1.807) is 91.0 Å². The Bertz CT molecular complexity index is 1770. The van der Waals surface area contributed by atoms with Gasteiger partial charge in [0.1, 0.15) is 0 Å². The van der Waals surface area contributed by atoms with Crippen molar-refractivity contribution in [2.45, 2.75) is 30.6 Å². The van der Waals surface area contributed by atoms with Crippen LogP contribution in [0.4, 0.5) is 0 Å². The van der Waals surface area contributed by atoms with Crippen molar-refractivity contribution in [2.24, 2.45) is 0 Å². The Morgan fingerprint density at radius 1 is 0.429 bits per heavy atom. The van der Waals surface area contributed by atoms with E-state index in [0.29, 0.717) is 10.5 Å². The van der Waals surface area contributed by atoms with Crippen LogP contribution in [0.2, 0.25) is 0 Å². The zero-order valence-electron chi connectivity index (χ0n) is 23.4. The number of hydrogen-bond donors (Lipinski definition) is 0. The fourth-order valence-corrected chi connectivity index (χ4v) is 29.8. The molecule has 216 valence electrons. The summed E-state index contributed by atoms with van der Waals surface area (Å²) in [5, 5.41) is 0. The first-order chi connectivity index (χ1) is 20.0. The topological polar surface area (TPSA) is 86.7 Å². The Balaban J connectivity index is 2.04. The molecule has 0 aromatic heterocycles. The zero-order valence-corrected chi connectivity index (χ0v) is 27.6. The zero-order chi connectivity index (χ0) is 30.0. The molecule has 0 aliphatic heterocycles. The van der Waals surface area contributed by atoms with Crippen LogP contribution < -0.4 is 10.5 Å². The summed E-state index contributed by atoms with van der Waals surface area (Å²) in [6, 6.07) is 36.7. The summed E-state index contributed by atoms with van der Waals surface area (Å²) in [5.41, 5.74) is 2.35. The SMILES string of the molecule is Cc1ccc[c]([Sb]([O]S(=O)(=O)c2ccccc2)([O]S(=O)(=O)c2ccccc2)([c]2cccc(C)c2)[c]2cccc(C)c2)c1. The number of rotatable bonds is 9. The number of hydrogen-bond acceptors (Lipinski definition) is 6. The fourth-order valence-electron chi connectivity index (χ4n) is 4.99. The second-order valence-corrected chi connectivity index (χ2v) is 25.7. The molecule has 9 heteroatoms. The van der Waals surface area contributed by atoms with E-state index in [0.717, 1.165) is 16.7 Å². The van der Waals surface area contributed by atoms with Gasteiger partial charge in [-0.25, -0.2) is 0 Å². The predicted octanol–water partition coefficient (Wildman–Crippen LogP) is 4.84. The molecule has 6 nitrogen and oxygen atoms in total. The van der Waals surface area contributed by atoms with Crippen molar-refractivity contribution < 1.29 is 21.8 Å². The minimum atomic E-state index is -6.69. The van der Waals surface area contributed by atoms with Crippen LogP contribution in [0.1, 0.15) is 16.7 Å². The summed E-state index contributed by atoms with van der Waals surface area (Å²) >= 11 is -6.69. The fraction of sp³-hybridized carbons (Fsp3) is 0.0909. The Labute approximate surface area is 250 Å². The van der Waals surface area contributed by atoms with E-state index >= 15 is 0 Å². The Hall–Kier alpha value is -3.26. The second-order valence-electron chi connectivity index (χ2n) is 10.2. The van der Waals surface area contributed by atoms with E-state index in [1.165, 1.54) is 24.3 Å².